The summed E-state index contributed by atoms with van der Waals surface area (Å²) in [5.74, 6) is -0.288. The molecular formula is C22H29Cl2FN4O2S. The van der Waals surface area contributed by atoms with Gasteiger partial charge in [0.05, 0.1) is 22.5 Å². The van der Waals surface area contributed by atoms with Crippen LogP contribution in [-0.2, 0) is 23.0 Å². The highest BCUT2D eigenvalue weighted by Crippen LogP contribution is 2.28. The van der Waals surface area contributed by atoms with Crippen molar-refractivity contribution in [2.24, 2.45) is 5.73 Å². The number of fused-ring (bicyclic) bond motifs is 1. The Balaban J connectivity index is 0.00000256. The summed E-state index contributed by atoms with van der Waals surface area (Å²) >= 11 is 0. The third kappa shape index (κ3) is 5.68. The number of rotatable bonds is 7. The zero-order valence-corrected chi connectivity index (χ0v) is 21.0. The van der Waals surface area contributed by atoms with Gasteiger partial charge in [-0.15, -0.1) is 24.8 Å². The van der Waals surface area contributed by atoms with Crippen LogP contribution in [0.1, 0.15) is 22.4 Å². The number of aryl methyl sites for hydroxylation is 1. The highest BCUT2D eigenvalue weighted by Gasteiger charge is 2.19. The number of benzene rings is 1. The minimum absolute atomic E-state index is 0. The molecule has 0 atom stereocenters. The molecule has 2 N–H and O–H groups in total. The Kier molecular flexibility index (Phi) is 9.86. The van der Waals surface area contributed by atoms with Crippen molar-refractivity contribution >= 4 is 45.9 Å². The van der Waals surface area contributed by atoms with Gasteiger partial charge in [-0.25, -0.2) is 17.1 Å². The van der Waals surface area contributed by atoms with E-state index in [1.54, 1.807) is 18.3 Å². The van der Waals surface area contributed by atoms with Crippen molar-refractivity contribution in [2.45, 2.75) is 31.7 Å². The number of sulfonamides is 1. The molecule has 0 aliphatic heterocycles. The van der Waals surface area contributed by atoms with Crippen molar-refractivity contribution in [1.82, 2.24) is 13.9 Å². The number of aromatic nitrogens is 2. The van der Waals surface area contributed by atoms with Crippen LogP contribution in [0, 0.1) is 13.8 Å². The van der Waals surface area contributed by atoms with Gasteiger partial charge in [0.2, 0.25) is 10.0 Å². The van der Waals surface area contributed by atoms with Gasteiger partial charge in [-0.3, -0.25) is 4.98 Å². The molecule has 0 radical (unpaired) electrons. The van der Waals surface area contributed by atoms with E-state index in [-0.39, 0.29) is 48.6 Å². The minimum Gasteiger partial charge on any atom is -0.336 e. The molecule has 3 aromatic rings. The lowest BCUT2D eigenvalue weighted by atomic mass is 10.0. The van der Waals surface area contributed by atoms with Gasteiger partial charge in [-0.1, -0.05) is 12.1 Å². The molecular weight excluding hydrogens is 474 g/mol. The fraction of sp³-hybridized carbons (Fsp3) is 0.318. The van der Waals surface area contributed by atoms with Crippen LogP contribution in [0.4, 0.5) is 4.39 Å². The number of halogens is 3. The summed E-state index contributed by atoms with van der Waals surface area (Å²) in [4.78, 5) is 4.85. The summed E-state index contributed by atoms with van der Waals surface area (Å²) in [6, 6.07) is 8.84. The van der Waals surface area contributed by atoms with Gasteiger partial charge < -0.3 is 10.3 Å². The van der Waals surface area contributed by atoms with Gasteiger partial charge in [-0.05, 0) is 49.2 Å². The Morgan fingerprint density at radius 1 is 1.19 bits per heavy atom. The Bertz CT molecular complexity index is 1210. The molecule has 176 valence electrons. The van der Waals surface area contributed by atoms with E-state index in [9.17, 15) is 12.8 Å². The Labute approximate surface area is 201 Å². The number of hydrogen-bond acceptors (Lipinski definition) is 4. The van der Waals surface area contributed by atoms with Gasteiger partial charge in [0, 0.05) is 44.5 Å². The maximum Gasteiger partial charge on any atom is 0.242 e. The normalized spacial score (nSPS) is 12.0. The zero-order valence-electron chi connectivity index (χ0n) is 18.5. The third-order valence-electron chi connectivity index (χ3n) is 5.15. The first-order valence-corrected chi connectivity index (χ1v) is 11.1. The van der Waals surface area contributed by atoms with E-state index >= 15 is 0 Å². The van der Waals surface area contributed by atoms with E-state index in [0.717, 1.165) is 33.4 Å². The molecule has 0 spiro atoms. The number of allylic oxidation sites excluding steroid dienone is 1. The summed E-state index contributed by atoms with van der Waals surface area (Å²) in [7, 11) is -0.456. The second kappa shape index (κ2) is 11.2. The van der Waals surface area contributed by atoms with Crippen molar-refractivity contribution in [1.29, 1.82) is 0 Å². The number of hydrogen-bond donors (Lipinski definition) is 1. The van der Waals surface area contributed by atoms with Crippen molar-refractivity contribution < 1.29 is 12.8 Å². The summed E-state index contributed by atoms with van der Waals surface area (Å²) in [5.41, 5.74) is 11.0. The molecule has 3 rings (SSSR count). The van der Waals surface area contributed by atoms with Crippen molar-refractivity contribution in [3.05, 3.63) is 70.8 Å². The molecule has 0 saturated heterocycles. The van der Waals surface area contributed by atoms with E-state index in [0.29, 0.717) is 6.42 Å². The van der Waals surface area contributed by atoms with Crippen LogP contribution in [0.25, 0.3) is 11.0 Å². The van der Waals surface area contributed by atoms with Crippen molar-refractivity contribution in [2.75, 3.05) is 20.6 Å². The highest BCUT2D eigenvalue weighted by molar-refractivity contribution is 7.89. The quantitative estimate of drug-likeness (QED) is 0.525. The molecule has 0 saturated carbocycles. The molecule has 0 bridgehead atoms. The Morgan fingerprint density at radius 3 is 2.38 bits per heavy atom. The van der Waals surface area contributed by atoms with E-state index in [1.165, 1.54) is 24.5 Å². The van der Waals surface area contributed by atoms with Gasteiger partial charge in [0.15, 0.2) is 0 Å². The first-order chi connectivity index (χ1) is 14.1. The van der Waals surface area contributed by atoms with E-state index in [1.807, 2.05) is 36.6 Å². The predicted octanol–water partition coefficient (Wildman–Crippen LogP) is 4.15. The summed E-state index contributed by atoms with van der Waals surface area (Å²) in [6.45, 7) is 4.16. The van der Waals surface area contributed by atoms with Gasteiger partial charge >= 0.3 is 0 Å². The molecule has 0 unspecified atom stereocenters. The van der Waals surface area contributed by atoms with Crippen LogP contribution in [0.5, 0.6) is 0 Å². The molecule has 0 aliphatic carbocycles. The van der Waals surface area contributed by atoms with Gasteiger partial charge in [-0.2, -0.15) is 0 Å². The Hall–Kier alpha value is -1.97. The molecule has 10 heteroatoms. The molecule has 2 aromatic heterocycles. The predicted molar refractivity (Wildman–Crippen MR) is 132 cm³/mol. The SMILES string of the molecule is Cc1cnc2c(Cc3ccc(S(=O)(=O)N(C)C)cc3)c(C)n(CC(F)=CCN)c2c1.Cl.Cl. The van der Waals surface area contributed by atoms with Crippen LogP contribution < -0.4 is 5.73 Å². The summed E-state index contributed by atoms with van der Waals surface area (Å²) in [6.07, 6.45) is 3.74. The lowest BCUT2D eigenvalue weighted by molar-refractivity contribution is 0.520. The summed E-state index contributed by atoms with van der Waals surface area (Å²) in [5, 5.41) is 0. The number of nitrogens with two attached hydrogens (primary N) is 1. The van der Waals surface area contributed by atoms with Gasteiger partial charge in [0.25, 0.3) is 0 Å². The van der Waals surface area contributed by atoms with Crippen LogP contribution in [0.2, 0.25) is 0 Å². The first-order valence-electron chi connectivity index (χ1n) is 9.65. The monoisotopic (exact) mass is 502 g/mol. The standard InChI is InChI=1S/C22H27FN4O2S.2ClH/c1-15-11-21-22(25-13-15)20(16(2)27(21)14-18(23)9-10-24)12-17-5-7-19(8-6-17)30(28,29)26(3)4;;/h5-9,11,13H,10,12,14,24H2,1-4H3;2*1H. The lowest BCUT2D eigenvalue weighted by Crippen LogP contribution is -2.22. The summed E-state index contributed by atoms with van der Waals surface area (Å²) < 4.78 is 41.9. The molecule has 6 nitrogen and oxygen atoms in total. The van der Waals surface area contributed by atoms with Crippen LogP contribution in [-0.4, -0.2) is 42.9 Å². The number of nitrogens with zero attached hydrogens (tertiary/aromatic N) is 3. The maximum absolute atomic E-state index is 14.2. The molecule has 2 heterocycles. The average molecular weight is 503 g/mol. The molecule has 1 aromatic carbocycles. The maximum atomic E-state index is 14.2. The largest absolute Gasteiger partial charge is 0.336 e. The smallest absolute Gasteiger partial charge is 0.242 e. The second-order valence-electron chi connectivity index (χ2n) is 7.53. The Morgan fingerprint density at radius 2 is 1.81 bits per heavy atom. The zero-order chi connectivity index (χ0) is 22.1. The molecule has 32 heavy (non-hydrogen) atoms. The minimum atomic E-state index is -3.47. The van der Waals surface area contributed by atoms with E-state index in [2.05, 4.69) is 4.98 Å². The second-order valence-corrected chi connectivity index (χ2v) is 9.68. The number of pyridine rings is 1. The van der Waals surface area contributed by atoms with Crippen LogP contribution >= 0.6 is 24.8 Å². The molecule has 0 aliphatic rings. The van der Waals surface area contributed by atoms with Gasteiger partial charge in [0.1, 0.15) is 5.83 Å². The van der Waals surface area contributed by atoms with Crippen LogP contribution in [0.3, 0.4) is 0 Å². The van der Waals surface area contributed by atoms with E-state index in [4.69, 9.17) is 5.73 Å². The van der Waals surface area contributed by atoms with E-state index < -0.39 is 10.0 Å². The highest BCUT2D eigenvalue weighted by atomic mass is 35.5. The fourth-order valence-electron chi connectivity index (χ4n) is 3.46. The lowest BCUT2D eigenvalue weighted by Gasteiger charge is -2.12. The molecule has 0 amide bonds. The fourth-order valence-corrected chi connectivity index (χ4v) is 4.36. The topological polar surface area (TPSA) is 81.2 Å². The van der Waals surface area contributed by atoms with Crippen molar-refractivity contribution in [3.8, 4) is 0 Å². The van der Waals surface area contributed by atoms with Crippen molar-refractivity contribution in [3.63, 3.8) is 0 Å². The van der Waals surface area contributed by atoms with Crippen LogP contribution in [0.15, 0.2) is 53.3 Å². The average Bonchev–Trinajstić information content (AvgIpc) is 2.93. The third-order valence-corrected chi connectivity index (χ3v) is 6.98. The first kappa shape index (κ1) is 28.1. The molecule has 0 fully saturated rings.